The molecule has 7 nitrogen and oxygen atoms in total. The molecule has 0 spiro atoms. The molecule has 2 aromatic carbocycles. The summed E-state index contributed by atoms with van der Waals surface area (Å²) in [5.74, 6) is 2.19. The minimum atomic E-state index is -0.197. The molecule has 0 unspecified atom stereocenters. The summed E-state index contributed by atoms with van der Waals surface area (Å²) < 4.78 is 18.7. The highest BCUT2D eigenvalue weighted by Crippen LogP contribution is 2.45. The van der Waals surface area contributed by atoms with Gasteiger partial charge in [0.2, 0.25) is 0 Å². The van der Waals surface area contributed by atoms with Gasteiger partial charge in [0.1, 0.15) is 23.3 Å². The Kier molecular flexibility index (Phi) is 6.29. The van der Waals surface area contributed by atoms with Crippen molar-refractivity contribution in [2.24, 2.45) is 0 Å². The van der Waals surface area contributed by atoms with Crippen LogP contribution < -0.4 is 24.4 Å². The van der Waals surface area contributed by atoms with Crippen LogP contribution in [0.2, 0.25) is 0 Å². The summed E-state index contributed by atoms with van der Waals surface area (Å²) in [5, 5.41) is 4.10. The summed E-state index contributed by atoms with van der Waals surface area (Å²) in [4.78, 5) is 6.75. The first-order valence-corrected chi connectivity index (χ1v) is 11.6. The third-order valence-corrected chi connectivity index (χ3v) is 6.49. The number of nitrogens with zero attached hydrogens (tertiary/aromatic N) is 3. The monoisotopic (exact) mass is 486 g/mol. The predicted molar refractivity (Wildman–Crippen MR) is 140 cm³/mol. The van der Waals surface area contributed by atoms with Gasteiger partial charge in [0.25, 0.3) is 0 Å². The number of hydrogen-bond donors (Lipinski definition) is 1. The quantitative estimate of drug-likeness (QED) is 0.366. The summed E-state index contributed by atoms with van der Waals surface area (Å²) in [6.45, 7) is 0. The molecule has 1 aliphatic heterocycles. The van der Waals surface area contributed by atoms with E-state index in [1.807, 2.05) is 66.7 Å². The molecular formula is C27H26N4O3S. The lowest BCUT2D eigenvalue weighted by Gasteiger charge is -2.30. The largest absolute Gasteiger partial charge is 0.497 e. The summed E-state index contributed by atoms with van der Waals surface area (Å²) >= 11 is 5.89. The first-order chi connectivity index (χ1) is 17.1. The second-order valence-electron chi connectivity index (χ2n) is 8.04. The van der Waals surface area contributed by atoms with E-state index < -0.39 is 0 Å². The SMILES string of the molecule is COc1ccc(-n2cccc2[C@H]2[C@H](c3ccccn3)NC(=S)N2c2ccc(OC)cc2OC)cc1. The fourth-order valence-electron chi connectivity index (χ4n) is 4.51. The standard InChI is InChI=1S/C27H26N4O3S/c1-32-19-11-9-18(10-12-19)30-16-6-8-23(30)26-25(21-7-4-5-15-28-21)29-27(35)31(26)22-14-13-20(33-2)17-24(22)34-3/h4-17,25-26H,1-3H3,(H,29,35)/t25-,26-/m0/s1. The van der Waals surface area contributed by atoms with Crippen LogP contribution in [0.5, 0.6) is 17.2 Å². The molecule has 5 rings (SSSR count). The summed E-state index contributed by atoms with van der Waals surface area (Å²) in [6, 6.07) is 23.4. The van der Waals surface area contributed by atoms with Gasteiger partial charge in [0.15, 0.2) is 5.11 Å². The molecule has 1 N–H and O–H groups in total. The predicted octanol–water partition coefficient (Wildman–Crippen LogP) is 5.08. The fourth-order valence-corrected chi connectivity index (χ4v) is 4.85. The molecule has 1 aliphatic rings. The zero-order chi connectivity index (χ0) is 24.4. The number of hydrogen-bond acceptors (Lipinski definition) is 5. The van der Waals surface area contributed by atoms with Crippen LogP contribution in [-0.4, -0.2) is 36.0 Å². The van der Waals surface area contributed by atoms with E-state index in [0.717, 1.165) is 28.5 Å². The van der Waals surface area contributed by atoms with Crippen LogP contribution in [0, 0.1) is 0 Å². The molecule has 1 saturated heterocycles. The van der Waals surface area contributed by atoms with E-state index in [0.29, 0.717) is 16.6 Å². The van der Waals surface area contributed by atoms with Gasteiger partial charge in [-0.05, 0) is 72.9 Å². The van der Waals surface area contributed by atoms with Gasteiger partial charge in [0.05, 0.1) is 38.8 Å². The number of thiocarbonyl (C=S) groups is 1. The van der Waals surface area contributed by atoms with E-state index in [2.05, 4.69) is 32.0 Å². The Morgan fingerprint density at radius 2 is 1.63 bits per heavy atom. The molecule has 0 amide bonds. The van der Waals surface area contributed by atoms with Crippen LogP contribution in [0.4, 0.5) is 5.69 Å². The van der Waals surface area contributed by atoms with Crippen LogP contribution in [0.3, 0.4) is 0 Å². The molecule has 1 fully saturated rings. The molecule has 0 saturated carbocycles. The van der Waals surface area contributed by atoms with E-state index in [-0.39, 0.29) is 12.1 Å². The van der Waals surface area contributed by atoms with Crippen molar-refractivity contribution in [1.82, 2.24) is 14.9 Å². The maximum atomic E-state index is 5.89. The zero-order valence-corrected chi connectivity index (χ0v) is 20.5. The number of benzene rings is 2. The minimum absolute atomic E-state index is 0.178. The number of anilines is 1. The molecule has 2 aromatic heterocycles. The van der Waals surface area contributed by atoms with Gasteiger partial charge in [0, 0.05) is 29.8 Å². The second kappa shape index (κ2) is 9.68. The average Bonchev–Trinajstić information content (AvgIpc) is 3.53. The van der Waals surface area contributed by atoms with Crippen LogP contribution >= 0.6 is 12.2 Å². The molecule has 178 valence electrons. The normalized spacial score (nSPS) is 17.2. The first-order valence-electron chi connectivity index (χ1n) is 11.2. The van der Waals surface area contributed by atoms with E-state index in [9.17, 15) is 0 Å². The number of nitrogens with one attached hydrogen (secondary N) is 1. The number of ether oxygens (including phenoxy) is 3. The Morgan fingerprint density at radius 1 is 0.857 bits per heavy atom. The van der Waals surface area contributed by atoms with Crippen molar-refractivity contribution in [3.8, 4) is 22.9 Å². The summed E-state index contributed by atoms with van der Waals surface area (Å²) in [7, 11) is 4.95. The Bertz CT molecular complexity index is 1320. The van der Waals surface area contributed by atoms with Crippen molar-refractivity contribution >= 4 is 23.0 Å². The molecular weight excluding hydrogens is 460 g/mol. The number of rotatable bonds is 7. The summed E-state index contributed by atoms with van der Waals surface area (Å²) in [5.41, 5.74) is 3.81. The van der Waals surface area contributed by atoms with E-state index in [4.69, 9.17) is 26.4 Å². The van der Waals surface area contributed by atoms with Gasteiger partial charge in [-0.3, -0.25) is 4.98 Å². The Balaban J connectivity index is 1.66. The van der Waals surface area contributed by atoms with E-state index in [1.165, 1.54) is 0 Å². The van der Waals surface area contributed by atoms with Crippen LogP contribution in [0.1, 0.15) is 23.5 Å². The highest BCUT2D eigenvalue weighted by molar-refractivity contribution is 7.80. The van der Waals surface area contributed by atoms with Gasteiger partial charge in [-0.2, -0.15) is 0 Å². The van der Waals surface area contributed by atoms with Crippen molar-refractivity contribution in [2.75, 3.05) is 26.2 Å². The van der Waals surface area contributed by atoms with Crippen molar-refractivity contribution in [1.29, 1.82) is 0 Å². The maximum Gasteiger partial charge on any atom is 0.174 e. The summed E-state index contributed by atoms with van der Waals surface area (Å²) in [6.07, 6.45) is 3.85. The maximum absolute atomic E-state index is 5.89. The highest BCUT2D eigenvalue weighted by Gasteiger charge is 2.43. The molecule has 0 radical (unpaired) electrons. The molecule has 35 heavy (non-hydrogen) atoms. The molecule has 0 aliphatic carbocycles. The lowest BCUT2D eigenvalue weighted by Crippen LogP contribution is -2.30. The second-order valence-corrected chi connectivity index (χ2v) is 8.42. The fraction of sp³-hybridized carbons (Fsp3) is 0.185. The lowest BCUT2D eigenvalue weighted by atomic mass is 10.0. The van der Waals surface area contributed by atoms with Gasteiger partial charge < -0.3 is 29.0 Å². The van der Waals surface area contributed by atoms with E-state index >= 15 is 0 Å². The van der Waals surface area contributed by atoms with Crippen molar-refractivity contribution in [2.45, 2.75) is 12.1 Å². The minimum Gasteiger partial charge on any atom is -0.497 e. The molecule has 4 aromatic rings. The Labute approximate surface area is 209 Å². The topological polar surface area (TPSA) is 60.8 Å². The van der Waals surface area contributed by atoms with Crippen molar-refractivity contribution < 1.29 is 14.2 Å². The lowest BCUT2D eigenvalue weighted by molar-refractivity contribution is 0.394. The van der Waals surface area contributed by atoms with Gasteiger partial charge in [-0.25, -0.2) is 0 Å². The van der Waals surface area contributed by atoms with E-state index in [1.54, 1.807) is 27.5 Å². The third-order valence-electron chi connectivity index (χ3n) is 6.18. The van der Waals surface area contributed by atoms with Crippen LogP contribution in [-0.2, 0) is 0 Å². The molecule has 0 bridgehead atoms. The van der Waals surface area contributed by atoms with Crippen LogP contribution in [0.25, 0.3) is 5.69 Å². The number of methoxy groups -OCH3 is 3. The third kappa shape index (κ3) is 4.17. The Hall–Kier alpha value is -4.04. The highest BCUT2D eigenvalue weighted by atomic mass is 32.1. The number of aromatic nitrogens is 2. The van der Waals surface area contributed by atoms with Crippen LogP contribution in [0.15, 0.2) is 85.2 Å². The van der Waals surface area contributed by atoms with Crippen molar-refractivity contribution in [3.05, 3.63) is 96.6 Å². The van der Waals surface area contributed by atoms with Gasteiger partial charge in [-0.15, -0.1) is 0 Å². The Morgan fingerprint density at radius 3 is 2.31 bits per heavy atom. The van der Waals surface area contributed by atoms with Gasteiger partial charge >= 0.3 is 0 Å². The first kappa shape index (κ1) is 22.7. The smallest absolute Gasteiger partial charge is 0.174 e. The molecule has 2 atom stereocenters. The zero-order valence-electron chi connectivity index (χ0n) is 19.7. The molecule has 8 heteroatoms. The average molecular weight is 487 g/mol. The molecule has 3 heterocycles. The van der Waals surface area contributed by atoms with Gasteiger partial charge in [-0.1, -0.05) is 6.07 Å². The number of pyridine rings is 1. The van der Waals surface area contributed by atoms with Crippen molar-refractivity contribution in [3.63, 3.8) is 0 Å².